The van der Waals surface area contributed by atoms with Crippen LogP contribution in [0.5, 0.6) is 0 Å². The smallest absolute Gasteiger partial charge is 0.490 e. The topological polar surface area (TPSA) is 591 Å². The third-order valence-electron chi connectivity index (χ3n) is 12.8. The van der Waals surface area contributed by atoms with Crippen LogP contribution in [0.3, 0.4) is 0 Å². The molecule has 6 unspecified atom stereocenters. The lowest BCUT2D eigenvalue weighted by Crippen LogP contribution is -2.40. The maximum absolute atomic E-state index is 14.3. The van der Waals surface area contributed by atoms with Crippen molar-refractivity contribution in [2.45, 2.75) is 73.5 Å². The van der Waals surface area contributed by atoms with Crippen molar-refractivity contribution in [3.63, 3.8) is 0 Å². The van der Waals surface area contributed by atoms with Gasteiger partial charge in [0, 0.05) is 26.7 Å². The third-order valence-corrected chi connectivity index (χ3v) is 20.5. The van der Waals surface area contributed by atoms with Crippen LogP contribution in [0.1, 0.15) is 25.1 Å². The zero-order chi connectivity index (χ0) is 58.9. The van der Waals surface area contributed by atoms with Crippen LogP contribution in [0.2, 0.25) is 0 Å². The van der Waals surface area contributed by atoms with Crippen LogP contribution in [0, 0.1) is 5.92 Å². The van der Waals surface area contributed by atoms with Crippen molar-refractivity contribution in [3.8, 4) is 0 Å². The van der Waals surface area contributed by atoms with Gasteiger partial charge in [-0.15, -0.1) is 0 Å². The molecule has 446 valence electrons. The van der Waals surface area contributed by atoms with Crippen molar-refractivity contribution in [1.29, 1.82) is 0 Å². The summed E-state index contributed by atoms with van der Waals surface area (Å²) in [6.07, 6.45) is -12.0. The summed E-state index contributed by atoms with van der Waals surface area (Å²) >= 11 is 0. The maximum atomic E-state index is 14.3. The summed E-state index contributed by atoms with van der Waals surface area (Å²) in [5.41, 5.74) is 13.3. The highest BCUT2D eigenvalue weighted by atomic mass is 31.3. The average Bonchev–Trinajstić information content (AvgIpc) is 4.31. The number of phosphoric ester groups is 2. The second-order valence-corrected chi connectivity index (χ2v) is 26.1. The SMILES string of the molecule is COCC[C@H]1[C@@H](O)[C@H](n2c[n+](C)c3c(=O)[nH]c(N)nc32)O[C@@H]1COP(=O)(O)OP(=O)(O)OP(=O)(O)OP(=O)(O)OCC1O[C@@H](n2cnc3c(N)ncnc32)[C@H](OC)[C@@H]1P(=O)([O-])OC[C@H]1O[C@@H](n2cnc3c(=O)[nH]c(N)nc32)[C@H](O)[C@@H]1O. The van der Waals surface area contributed by atoms with Crippen molar-refractivity contribution in [2.24, 2.45) is 13.0 Å². The summed E-state index contributed by atoms with van der Waals surface area (Å²) in [5.74, 6) is -1.75. The first-order valence-electron chi connectivity index (χ1n) is 23.1. The maximum Gasteiger partial charge on any atom is 0.490 e. The Morgan fingerprint density at radius 3 is 1.85 bits per heavy atom. The fourth-order valence-electron chi connectivity index (χ4n) is 9.32. The van der Waals surface area contributed by atoms with Crippen LogP contribution >= 0.6 is 38.9 Å². The number of hydrogen-bond donors (Lipinski definition) is 12. The van der Waals surface area contributed by atoms with Gasteiger partial charge in [0.05, 0.1) is 57.4 Å². The van der Waals surface area contributed by atoms with Crippen molar-refractivity contribution >= 4 is 90.1 Å². The van der Waals surface area contributed by atoms with E-state index in [9.17, 15) is 72.2 Å². The number of H-pyrrole nitrogens is 2. The Morgan fingerprint density at radius 1 is 0.667 bits per heavy atom. The number of anilines is 3. The third kappa shape index (κ3) is 12.5. The molecule has 15 N–H and O–H groups in total. The van der Waals surface area contributed by atoms with E-state index in [0.717, 1.165) is 35.2 Å². The number of nitrogen functional groups attached to an aromatic ring is 3. The van der Waals surface area contributed by atoms with E-state index in [-0.39, 0.29) is 64.2 Å². The second kappa shape index (κ2) is 22.9. The van der Waals surface area contributed by atoms with Gasteiger partial charge in [-0.2, -0.15) is 27.5 Å². The predicted octanol–water partition coefficient (Wildman–Crippen LogP) is -3.87. The van der Waals surface area contributed by atoms with Crippen LogP contribution in [-0.4, -0.2) is 178 Å². The molecule has 0 saturated carbocycles. The van der Waals surface area contributed by atoms with Gasteiger partial charge < -0.3 is 89.8 Å². The van der Waals surface area contributed by atoms with E-state index < -0.39 is 143 Å². The lowest BCUT2D eigenvalue weighted by Gasteiger charge is -2.35. The average molecular weight is 1250 g/mol. The number of aromatic amines is 2. The van der Waals surface area contributed by atoms with E-state index in [2.05, 4.69) is 52.8 Å². The standard InChI is InChI=1S/C35H50N15O26P5/c1-47-12-50(28-19(47)30(55)46-35(38)44-28)31-20(51)13(4-5-66-2)14(71-31)6-69-78(58,59)74-80(62,63)76-81(64,65)75-79(60,61)70-8-16-24(23(67-3)33(73-16)48-10-41-17-25(36)39-9-40-26(17)48)77(56,57)68-7-15-21(52)22(53)32(72-15)49-11-42-18-27(49)43-34(37)45-29(18)54/h9-16,20-24,31-33,51-53H,4-8H2,1-3H3,(H12-,36,37,38,39,40,43,44,45,46,54,55,56,57,58,59,60,61,62,63,64,65)/t13-,14-,15-,16?,20-,21-,22-,23-,24-,31-,32-,33-/m1/s1. The van der Waals surface area contributed by atoms with Gasteiger partial charge in [0.2, 0.25) is 24.5 Å². The number of aryl methyl sites for hydroxylation is 1. The number of nitrogens with one attached hydrogen (secondary N) is 2. The van der Waals surface area contributed by atoms with Gasteiger partial charge in [-0.25, -0.2) is 42.8 Å². The van der Waals surface area contributed by atoms with Gasteiger partial charge in [0.15, 0.2) is 35.1 Å². The zero-order valence-electron chi connectivity index (χ0n) is 41.6. The number of nitrogens with two attached hydrogens (primary N) is 3. The van der Waals surface area contributed by atoms with E-state index in [1.807, 2.05) is 0 Å². The number of imidazole rings is 3. The van der Waals surface area contributed by atoms with Crippen LogP contribution in [0.4, 0.5) is 17.7 Å². The highest BCUT2D eigenvalue weighted by Crippen LogP contribution is 2.72. The number of aromatic nitrogens is 12. The molecule has 41 nitrogen and oxygen atoms in total. The van der Waals surface area contributed by atoms with Crippen molar-refractivity contribution in [1.82, 2.24) is 53.6 Å². The molecule has 9 heterocycles. The molecule has 0 bridgehead atoms. The predicted molar refractivity (Wildman–Crippen MR) is 261 cm³/mol. The summed E-state index contributed by atoms with van der Waals surface area (Å²) in [6.45, 7) is -3.49. The number of aliphatic hydroxyl groups excluding tert-OH is 3. The minimum Gasteiger partial charge on any atom is -0.778 e. The van der Waals surface area contributed by atoms with Crippen LogP contribution in [-0.2, 0) is 80.1 Å². The molecule has 81 heavy (non-hydrogen) atoms. The number of nitrogens with zero attached hydrogens (tertiary/aromatic N) is 10. The number of ether oxygens (including phenoxy) is 5. The fraction of sp³-hybridized carbons (Fsp3) is 0.571. The first-order valence-corrected chi connectivity index (χ1v) is 30.7. The molecule has 3 aliphatic heterocycles. The number of aliphatic hydroxyl groups is 3. The Kier molecular flexibility index (Phi) is 17.1. The Bertz CT molecular complexity index is 3710. The molecule has 0 aliphatic carbocycles. The quantitative estimate of drug-likeness (QED) is 0.0216. The molecule has 46 heteroatoms. The zero-order valence-corrected chi connectivity index (χ0v) is 46.1. The molecule has 6 aromatic heterocycles. The molecule has 0 radical (unpaired) electrons. The van der Waals surface area contributed by atoms with Gasteiger partial charge in [-0.1, -0.05) is 0 Å². The molecule has 0 aromatic carbocycles. The Hall–Kier alpha value is -4.96. The van der Waals surface area contributed by atoms with E-state index in [1.165, 1.54) is 29.6 Å². The van der Waals surface area contributed by atoms with Gasteiger partial charge in [-0.3, -0.25) is 37.7 Å². The van der Waals surface area contributed by atoms with E-state index in [4.69, 9.17) is 54.5 Å². The largest absolute Gasteiger partial charge is 0.778 e. The first-order chi connectivity index (χ1) is 37.9. The van der Waals surface area contributed by atoms with Crippen molar-refractivity contribution < 1.29 is 117 Å². The lowest BCUT2D eigenvalue weighted by molar-refractivity contribution is -0.646. The van der Waals surface area contributed by atoms with E-state index in [1.54, 1.807) is 0 Å². The summed E-state index contributed by atoms with van der Waals surface area (Å²) in [6, 6.07) is 0. The Labute approximate surface area is 450 Å². The van der Waals surface area contributed by atoms with Crippen molar-refractivity contribution in [2.75, 3.05) is 57.8 Å². The summed E-state index contributed by atoms with van der Waals surface area (Å²) in [7, 11) is -26.7. The molecule has 3 aliphatic rings. The number of fused-ring (bicyclic) bond motifs is 3. The molecule has 9 rings (SSSR count). The highest BCUT2D eigenvalue weighted by Gasteiger charge is 2.55. The minimum atomic E-state index is -6.46. The van der Waals surface area contributed by atoms with E-state index >= 15 is 0 Å². The molecule has 3 fully saturated rings. The highest BCUT2D eigenvalue weighted by molar-refractivity contribution is 7.69. The molecule has 0 spiro atoms. The second-order valence-electron chi connectivity index (χ2n) is 18.0. The van der Waals surface area contributed by atoms with Crippen LogP contribution in [0.25, 0.3) is 33.5 Å². The molecule has 0 amide bonds. The van der Waals surface area contributed by atoms with E-state index in [0.29, 0.717) is 0 Å². The summed E-state index contributed by atoms with van der Waals surface area (Å²) in [4.78, 5) is 110. The minimum absolute atomic E-state index is 0.00643. The number of phosphoric acid groups is 4. The molecule has 6 aromatic rings. The summed E-state index contributed by atoms with van der Waals surface area (Å²) < 4.78 is 127. The van der Waals surface area contributed by atoms with Gasteiger partial charge in [0.1, 0.15) is 50.0 Å². The number of rotatable bonds is 23. The van der Waals surface area contributed by atoms with Gasteiger partial charge >= 0.3 is 36.9 Å². The van der Waals surface area contributed by atoms with Crippen molar-refractivity contribution in [3.05, 3.63) is 46.0 Å². The lowest BCUT2D eigenvalue weighted by atomic mass is 9.95. The monoisotopic (exact) mass is 1250 g/mol. The molecule has 17 atom stereocenters. The number of hydrogen-bond acceptors (Lipinski definition) is 31. The molecular formula is C35H50N15O26P5. The Morgan fingerprint density at radius 2 is 1.21 bits per heavy atom. The Balaban J connectivity index is 0.870. The molecular weight excluding hydrogens is 1200 g/mol. The first kappa shape index (κ1) is 60.6. The normalized spacial score (nSPS) is 29.9. The van der Waals surface area contributed by atoms with Gasteiger partial charge in [0.25, 0.3) is 16.7 Å². The fourth-order valence-corrected chi connectivity index (χ4v) is 16.0. The summed E-state index contributed by atoms with van der Waals surface area (Å²) in [5, 5.41) is 33.3. The van der Waals surface area contributed by atoms with Crippen LogP contribution in [0.15, 0.2) is 34.9 Å². The molecule has 3 saturated heterocycles. The van der Waals surface area contributed by atoms with Crippen LogP contribution < -0.4 is 37.8 Å². The van der Waals surface area contributed by atoms with Gasteiger partial charge in [-0.05, 0) is 6.42 Å². The number of methoxy groups -OCH3 is 2.